The normalized spacial score (nSPS) is 14.2. The number of rotatable bonds is 1. The Morgan fingerprint density at radius 3 is 3.08 bits per heavy atom. The van der Waals surface area contributed by atoms with Crippen LogP contribution in [-0.2, 0) is 0 Å². The number of hydrogen-bond donors (Lipinski definition) is 0. The van der Waals surface area contributed by atoms with Gasteiger partial charge in [0.25, 0.3) is 0 Å². The van der Waals surface area contributed by atoms with Gasteiger partial charge in [-0.15, -0.1) is 0 Å². The largest absolute Gasteiger partial charge is 0.461 e. The molecular formula is C10H10N2O. The van der Waals surface area contributed by atoms with E-state index in [-0.39, 0.29) is 0 Å². The highest BCUT2D eigenvalue weighted by Gasteiger charge is 2.07. The van der Waals surface area contributed by atoms with Gasteiger partial charge < -0.3 is 4.42 Å². The second kappa shape index (κ2) is 3.04. The molecule has 0 N–H and O–H groups in total. The van der Waals surface area contributed by atoms with Crippen molar-refractivity contribution in [2.75, 3.05) is 0 Å². The quantitative estimate of drug-likeness (QED) is 0.622. The van der Waals surface area contributed by atoms with Crippen molar-refractivity contribution in [1.82, 2.24) is 0 Å². The average molecular weight is 174 g/mol. The molecule has 3 nitrogen and oxygen atoms in total. The number of hydrogen-bond acceptors (Lipinski definition) is 3. The smallest absolute Gasteiger partial charge is 0.174 e. The van der Waals surface area contributed by atoms with Crippen molar-refractivity contribution < 1.29 is 4.42 Å². The Morgan fingerprint density at radius 1 is 1.46 bits per heavy atom. The van der Waals surface area contributed by atoms with Gasteiger partial charge in [-0.05, 0) is 0 Å². The maximum atomic E-state index is 5.33. The van der Waals surface area contributed by atoms with Crippen molar-refractivity contribution in [1.29, 1.82) is 0 Å². The molecule has 1 aliphatic heterocycles. The lowest BCUT2D eigenvalue weighted by Crippen LogP contribution is -2.23. The van der Waals surface area contributed by atoms with Crippen molar-refractivity contribution in [3.63, 3.8) is 0 Å². The molecule has 0 spiro atoms. The second-order valence-electron chi connectivity index (χ2n) is 3.17. The highest BCUT2D eigenvalue weighted by molar-refractivity contribution is 5.62. The number of furan rings is 1. The summed E-state index contributed by atoms with van der Waals surface area (Å²) in [7, 11) is 0. The standard InChI is InChI=1S/C10H10N2O/c1-7(2)9-10-8(3-6-13-10)11-4-5-12-9/h3-4,6-7H,1-2H3. The minimum atomic E-state index is 0.319. The Bertz CT molecular complexity index is 487. The lowest BCUT2D eigenvalue weighted by molar-refractivity contribution is 0.520. The maximum Gasteiger partial charge on any atom is 0.174 e. The van der Waals surface area contributed by atoms with Gasteiger partial charge in [-0.3, -0.25) is 0 Å². The Kier molecular flexibility index (Phi) is 1.87. The number of fused-ring (bicyclic) bond motifs is 1. The first-order valence-corrected chi connectivity index (χ1v) is 4.22. The third-order valence-corrected chi connectivity index (χ3v) is 1.87. The first kappa shape index (κ1) is 8.02. The molecule has 0 amide bonds. The fourth-order valence-corrected chi connectivity index (χ4v) is 1.23. The Morgan fingerprint density at radius 2 is 2.31 bits per heavy atom. The van der Waals surface area contributed by atoms with Gasteiger partial charge in [0.1, 0.15) is 5.36 Å². The van der Waals surface area contributed by atoms with Gasteiger partial charge in [0, 0.05) is 17.9 Å². The third-order valence-electron chi connectivity index (χ3n) is 1.87. The van der Waals surface area contributed by atoms with Gasteiger partial charge in [0.15, 0.2) is 5.42 Å². The summed E-state index contributed by atoms with van der Waals surface area (Å²) >= 11 is 0. The van der Waals surface area contributed by atoms with E-state index in [4.69, 9.17) is 4.42 Å². The third kappa shape index (κ3) is 1.34. The molecule has 0 unspecified atom stereocenters. The minimum absolute atomic E-state index is 0.319. The molecule has 0 radical (unpaired) electrons. The van der Waals surface area contributed by atoms with Crippen LogP contribution in [0.15, 0.2) is 32.9 Å². The zero-order valence-corrected chi connectivity index (χ0v) is 7.61. The molecule has 1 aromatic rings. The van der Waals surface area contributed by atoms with Crippen LogP contribution >= 0.6 is 0 Å². The molecule has 0 aliphatic carbocycles. The van der Waals surface area contributed by atoms with Crippen LogP contribution in [0, 0.1) is 5.92 Å². The van der Waals surface area contributed by atoms with E-state index in [9.17, 15) is 0 Å². The monoisotopic (exact) mass is 174 g/mol. The molecule has 0 saturated heterocycles. The molecule has 1 aromatic heterocycles. The zero-order valence-electron chi connectivity index (χ0n) is 7.61. The summed E-state index contributed by atoms with van der Waals surface area (Å²) in [6, 6.07) is 1.83. The van der Waals surface area contributed by atoms with Crippen molar-refractivity contribution in [3.05, 3.63) is 29.3 Å². The predicted molar refractivity (Wildman–Crippen MR) is 49.7 cm³/mol. The van der Waals surface area contributed by atoms with Crippen molar-refractivity contribution in [2.24, 2.45) is 15.9 Å². The minimum Gasteiger partial charge on any atom is -0.461 e. The molecule has 2 heterocycles. The fourth-order valence-electron chi connectivity index (χ4n) is 1.23. The molecule has 0 atom stereocenters. The summed E-state index contributed by atoms with van der Waals surface area (Å²) < 4.78 is 5.33. The lowest BCUT2D eigenvalue weighted by atomic mass is 10.1. The molecule has 3 heteroatoms. The average Bonchev–Trinajstić information content (AvgIpc) is 2.44. The van der Waals surface area contributed by atoms with E-state index in [0.717, 1.165) is 16.5 Å². The molecule has 0 aromatic carbocycles. The van der Waals surface area contributed by atoms with Crippen LogP contribution in [0.1, 0.15) is 13.8 Å². The highest BCUT2D eigenvalue weighted by atomic mass is 16.3. The zero-order chi connectivity index (χ0) is 9.26. The van der Waals surface area contributed by atoms with Crippen LogP contribution < -0.4 is 10.8 Å². The summed E-state index contributed by atoms with van der Waals surface area (Å²) in [5.41, 5.74) is 1.66. The van der Waals surface area contributed by atoms with Gasteiger partial charge in [-0.1, -0.05) is 13.8 Å². The molecule has 66 valence electrons. The fraction of sp³-hybridized carbons (Fsp3) is 0.300. The van der Waals surface area contributed by atoms with E-state index in [1.165, 1.54) is 0 Å². The summed E-state index contributed by atoms with van der Waals surface area (Å²) in [5, 5.41) is 0.831. The second-order valence-corrected chi connectivity index (χ2v) is 3.17. The predicted octanol–water partition coefficient (Wildman–Crippen LogP) is 0.860. The van der Waals surface area contributed by atoms with E-state index >= 15 is 0 Å². The van der Waals surface area contributed by atoms with Crippen molar-refractivity contribution in [2.45, 2.75) is 13.8 Å². The van der Waals surface area contributed by atoms with Gasteiger partial charge >= 0.3 is 0 Å². The number of nitrogens with zero attached hydrogens (tertiary/aromatic N) is 2. The van der Waals surface area contributed by atoms with E-state index in [1.54, 1.807) is 12.5 Å². The van der Waals surface area contributed by atoms with Crippen molar-refractivity contribution in [3.8, 4) is 0 Å². The van der Waals surface area contributed by atoms with Crippen LogP contribution in [0.4, 0.5) is 0 Å². The van der Waals surface area contributed by atoms with Crippen LogP contribution in [-0.4, -0.2) is 5.87 Å². The Hall–Kier alpha value is -1.60. The topological polar surface area (TPSA) is 37.9 Å². The van der Waals surface area contributed by atoms with Crippen LogP contribution in [0.2, 0.25) is 0 Å². The first-order valence-electron chi connectivity index (χ1n) is 4.22. The van der Waals surface area contributed by atoms with Gasteiger partial charge in [0.05, 0.1) is 18.2 Å². The summed E-state index contributed by atoms with van der Waals surface area (Å²) in [6.07, 6.45) is 3.19. The molecule has 0 saturated carbocycles. The molecular weight excluding hydrogens is 164 g/mol. The van der Waals surface area contributed by atoms with Gasteiger partial charge in [-0.25, -0.2) is 9.98 Å². The lowest BCUT2D eigenvalue weighted by Gasteiger charge is -1.99. The van der Waals surface area contributed by atoms with E-state index < -0.39 is 0 Å². The molecule has 13 heavy (non-hydrogen) atoms. The summed E-state index contributed by atoms with van der Waals surface area (Å²) in [6.45, 7) is 4.14. The van der Waals surface area contributed by atoms with Crippen LogP contribution in [0.3, 0.4) is 0 Å². The molecule has 0 bridgehead atoms. The number of aliphatic imine (C=N–C) groups is 1. The Labute approximate surface area is 75.8 Å². The highest BCUT2D eigenvalue weighted by Crippen LogP contribution is 2.09. The summed E-state index contributed by atoms with van der Waals surface area (Å²) in [5.74, 6) is 3.07. The van der Waals surface area contributed by atoms with Crippen molar-refractivity contribution >= 4 is 11.6 Å². The van der Waals surface area contributed by atoms with Crippen LogP contribution in [0.25, 0.3) is 5.70 Å². The molecule has 0 fully saturated rings. The molecule has 2 rings (SSSR count). The van der Waals surface area contributed by atoms with E-state index in [2.05, 4.69) is 29.7 Å². The van der Waals surface area contributed by atoms with E-state index in [1.807, 2.05) is 6.07 Å². The summed E-state index contributed by atoms with van der Waals surface area (Å²) in [4.78, 5) is 8.29. The Balaban J connectivity index is 2.85. The first-order chi connectivity index (χ1) is 6.29. The molecule has 1 aliphatic rings. The SMILES string of the molecule is CC(C)C1=c2occc2=NC=C=N1. The van der Waals surface area contributed by atoms with Gasteiger partial charge in [-0.2, -0.15) is 0 Å². The van der Waals surface area contributed by atoms with Crippen LogP contribution in [0.5, 0.6) is 0 Å². The maximum absolute atomic E-state index is 5.33. The van der Waals surface area contributed by atoms with Gasteiger partial charge in [0.2, 0.25) is 0 Å². The van der Waals surface area contributed by atoms with E-state index in [0.29, 0.717) is 5.92 Å².